The summed E-state index contributed by atoms with van der Waals surface area (Å²) in [6, 6.07) is 1.67. The molecule has 1 aliphatic heterocycles. The molecule has 2 aliphatic rings. The highest BCUT2D eigenvalue weighted by Crippen LogP contribution is 2.31. The zero-order valence-corrected chi connectivity index (χ0v) is 10.5. The Morgan fingerprint density at radius 3 is 2.40 bits per heavy atom. The summed E-state index contributed by atoms with van der Waals surface area (Å²) < 4.78 is 0. The number of rotatable bonds is 3. The van der Waals surface area contributed by atoms with E-state index in [4.69, 9.17) is 0 Å². The van der Waals surface area contributed by atoms with Gasteiger partial charge < -0.3 is 5.32 Å². The van der Waals surface area contributed by atoms with Crippen molar-refractivity contribution in [2.45, 2.75) is 52.1 Å². The minimum Gasteiger partial charge on any atom is -0.314 e. The minimum atomic E-state index is 0.797. The lowest BCUT2D eigenvalue weighted by Crippen LogP contribution is -2.34. The quantitative estimate of drug-likeness (QED) is 0.767. The molecule has 2 fully saturated rings. The van der Waals surface area contributed by atoms with E-state index >= 15 is 0 Å². The first-order valence-corrected chi connectivity index (χ1v) is 6.68. The Morgan fingerprint density at radius 1 is 1.13 bits per heavy atom. The fraction of sp³-hybridized carbons (Fsp3) is 1.00. The number of nitrogens with zero attached hydrogens (tertiary/aromatic N) is 1. The van der Waals surface area contributed by atoms with Crippen molar-refractivity contribution in [3.8, 4) is 0 Å². The first kappa shape index (κ1) is 11.4. The lowest BCUT2D eigenvalue weighted by molar-refractivity contribution is 0.232. The van der Waals surface area contributed by atoms with Gasteiger partial charge in [-0.05, 0) is 37.6 Å². The van der Waals surface area contributed by atoms with Crippen LogP contribution in [-0.4, -0.2) is 36.6 Å². The van der Waals surface area contributed by atoms with Crippen LogP contribution < -0.4 is 5.32 Å². The average molecular weight is 210 g/mol. The summed E-state index contributed by atoms with van der Waals surface area (Å²) in [7, 11) is 0. The highest BCUT2D eigenvalue weighted by Gasteiger charge is 2.34. The molecule has 2 heteroatoms. The molecule has 1 saturated heterocycles. The van der Waals surface area contributed by atoms with Gasteiger partial charge in [-0.2, -0.15) is 0 Å². The van der Waals surface area contributed by atoms with Gasteiger partial charge in [0, 0.05) is 25.2 Å². The molecule has 0 aromatic rings. The molecule has 15 heavy (non-hydrogen) atoms. The molecule has 0 aromatic heterocycles. The molecular formula is C13H26N2. The lowest BCUT2D eigenvalue weighted by Gasteiger charge is -2.24. The van der Waals surface area contributed by atoms with E-state index in [1.54, 1.807) is 0 Å². The van der Waals surface area contributed by atoms with Crippen molar-refractivity contribution < 1.29 is 0 Å². The Morgan fingerprint density at radius 2 is 1.80 bits per heavy atom. The van der Waals surface area contributed by atoms with Crippen molar-refractivity contribution >= 4 is 0 Å². The molecule has 4 unspecified atom stereocenters. The fourth-order valence-corrected chi connectivity index (χ4v) is 3.24. The zero-order valence-electron chi connectivity index (χ0n) is 10.5. The summed E-state index contributed by atoms with van der Waals surface area (Å²) in [6.07, 6.45) is 4.18. The molecule has 0 aromatic carbocycles. The Labute approximate surface area is 94.4 Å². The van der Waals surface area contributed by atoms with Crippen molar-refractivity contribution in [1.29, 1.82) is 0 Å². The largest absolute Gasteiger partial charge is 0.314 e. The van der Waals surface area contributed by atoms with Crippen LogP contribution in [0.15, 0.2) is 0 Å². The second-order valence-corrected chi connectivity index (χ2v) is 5.63. The van der Waals surface area contributed by atoms with Crippen LogP contribution in [-0.2, 0) is 0 Å². The third-order valence-corrected chi connectivity index (χ3v) is 4.43. The molecule has 0 amide bonds. The lowest BCUT2D eigenvalue weighted by atomic mass is 10.0. The summed E-state index contributed by atoms with van der Waals surface area (Å²) in [4.78, 5) is 2.74. The Hall–Kier alpha value is -0.0800. The van der Waals surface area contributed by atoms with Crippen LogP contribution in [0.1, 0.15) is 40.0 Å². The Kier molecular flexibility index (Phi) is 3.68. The molecule has 88 valence electrons. The van der Waals surface area contributed by atoms with E-state index < -0.39 is 0 Å². The third-order valence-electron chi connectivity index (χ3n) is 4.43. The second-order valence-electron chi connectivity index (χ2n) is 5.63. The van der Waals surface area contributed by atoms with E-state index in [9.17, 15) is 0 Å². The minimum absolute atomic E-state index is 0.797. The van der Waals surface area contributed by atoms with E-state index in [0.29, 0.717) is 0 Å². The van der Waals surface area contributed by atoms with E-state index in [2.05, 4.69) is 31.0 Å². The highest BCUT2D eigenvalue weighted by atomic mass is 15.2. The predicted molar refractivity (Wildman–Crippen MR) is 65.0 cm³/mol. The first-order chi connectivity index (χ1) is 7.20. The van der Waals surface area contributed by atoms with Crippen LogP contribution in [0.5, 0.6) is 0 Å². The van der Waals surface area contributed by atoms with Crippen molar-refractivity contribution in [2.24, 2.45) is 11.8 Å². The molecule has 1 saturated carbocycles. The van der Waals surface area contributed by atoms with Crippen molar-refractivity contribution in [3.63, 3.8) is 0 Å². The topological polar surface area (TPSA) is 15.3 Å². The average Bonchev–Trinajstić information content (AvgIpc) is 2.76. The number of hydrogen-bond acceptors (Lipinski definition) is 2. The predicted octanol–water partition coefficient (Wildman–Crippen LogP) is 2.10. The summed E-state index contributed by atoms with van der Waals surface area (Å²) >= 11 is 0. The molecule has 2 rings (SSSR count). The second kappa shape index (κ2) is 4.84. The van der Waals surface area contributed by atoms with E-state index in [1.807, 2.05) is 0 Å². The normalized spacial score (nSPS) is 42.6. The van der Waals surface area contributed by atoms with Crippen molar-refractivity contribution in [2.75, 3.05) is 19.6 Å². The zero-order chi connectivity index (χ0) is 10.8. The van der Waals surface area contributed by atoms with Crippen molar-refractivity contribution in [1.82, 2.24) is 10.2 Å². The molecule has 2 nitrogen and oxygen atoms in total. The number of nitrogens with one attached hydrogen (secondary N) is 1. The van der Waals surface area contributed by atoms with Crippen molar-refractivity contribution in [3.05, 3.63) is 0 Å². The monoisotopic (exact) mass is 210 g/mol. The first-order valence-electron chi connectivity index (χ1n) is 6.68. The Balaban J connectivity index is 1.81. The van der Waals surface area contributed by atoms with Gasteiger partial charge in [-0.1, -0.05) is 20.8 Å². The van der Waals surface area contributed by atoms with Gasteiger partial charge in [0.25, 0.3) is 0 Å². The van der Waals surface area contributed by atoms with Gasteiger partial charge >= 0.3 is 0 Å². The molecule has 1 heterocycles. The van der Waals surface area contributed by atoms with Crippen LogP contribution >= 0.6 is 0 Å². The van der Waals surface area contributed by atoms with Gasteiger partial charge in [-0.15, -0.1) is 0 Å². The van der Waals surface area contributed by atoms with Crippen LogP contribution in [0.2, 0.25) is 0 Å². The smallest absolute Gasteiger partial charge is 0.0111 e. The standard InChI is InChI=1S/C13H26N2/c1-4-14-12-5-6-13(7-12)15-8-10(2)11(3)9-15/h10-14H,4-9H2,1-3H3. The molecule has 1 aliphatic carbocycles. The van der Waals surface area contributed by atoms with E-state index in [-0.39, 0.29) is 0 Å². The van der Waals surface area contributed by atoms with Gasteiger partial charge in [0.2, 0.25) is 0 Å². The van der Waals surface area contributed by atoms with Crippen LogP contribution in [0.3, 0.4) is 0 Å². The molecule has 0 bridgehead atoms. The van der Waals surface area contributed by atoms with Gasteiger partial charge in [0.15, 0.2) is 0 Å². The number of hydrogen-bond donors (Lipinski definition) is 1. The SMILES string of the molecule is CCNC1CCC(N2CC(C)C(C)C2)C1. The highest BCUT2D eigenvalue weighted by molar-refractivity contribution is 4.91. The van der Waals surface area contributed by atoms with E-state index in [0.717, 1.165) is 30.5 Å². The summed E-state index contributed by atoms with van der Waals surface area (Å²) in [6.45, 7) is 10.8. The molecule has 0 spiro atoms. The fourth-order valence-electron chi connectivity index (χ4n) is 3.24. The molecule has 4 atom stereocenters. The molecular weight excluding hydrogens is 184 g/mol. The van der Waals surface area contributed by atoms with Crippen LogP contribution in [0, 0.1) is 11.8 Å². The van der Waals surface area contributed by atoms with Gasteiger partial charge in [-0.25, -0.2) is 0 Å². The number of likely N-dealkylation sites (tertiary alicyclic amines) is 1. The maximum absolute atomic E-state index is 3.59. The van der Waals surface area contributed by atoms with Gasteiger partial charge in [0.1, 0.15) is 0 Å². The van der Waals surface area contributed by atoms with Gasteiger partial charge in [-0.3, -0.25) is 4.90 Å². The molecule has 0 radical (unpaired) electrons. The maximum Gasteiger partial charge on any atom is 0.0111 e. The summed E-state index contributed by atoms with van der Waals surface area (Å²) in [5.74, 6) is 1.81. The van der Waals surface area contributed by atoms with Crippen LogP contribution in [0.25, 0.3) is 0 Å². The summed E-state index contributed by atoms with van der Waals surface area (Å²) in [5.41, 5.74) is 0. The van der Waals surface area contributed by atoms with Crippen LogP contribution in [0.4, 0.5) is 0 Å². The third kappa shape index (κ3) is 2.54. The Bertz CT molecular complexity index is 195. The summed E-state index contributed by atoms with van der Waals surface area (Å²) in [5, 5.41) is 3.59. The molecule has 1 N–H and O–H groups in total. The maximum atomic E-state index is 3.59. The van der Waals surface area contributed by atoms with E-state index in [1.165, 1.54) is 32.4 Å². The van der Waals surface area contributed by atoms with Gasteiger partial charge in [0.05, 0.1) is 0 Å².